The van der Waals surface area contributed by atoms with E-state index in [9.17, 15) is 4.79 Å². The Balaban J connectivity index is 3.24. The molecule has 4 nitrogen and oxygen atoms in total. The summed E-state index contributed by atoms with van der Waals surface area (Å²) >= 11 is 0. The molecule has 98 valence electrons. The molecule has 0 unspecified atom stereocenters. The Hall–Kier alpha value is -1.97. The molecule has 4 heteroatoms. The molecule has 1 aromatic carbocycles. The number of carbonyl (C=O) groups excluding carboxylic acids is 1. The molecule has 0 aliphatic carbocycles. The van der Waals surface area contributed by atoms with Crippen LogP contribution >= 0.6 is 0 Å². The lowest BCUT2D eigenvalue weighted by Crippen LogP contribution is -2.21. The van der Waals surface area contributed by atoms with E-state index in [0.29, 0.717) is 0 Å². The van der Waals surface area contributed by atoms with Crippen molar-refractivity contribution in [2.75, 3.05) is 35.8 Å². The van der Waals surface area contributed by atoms with Crippen LogP contribution in [0.2, 0.25) is 0 Å². The highest BCUT2D eigenvalue weighted by atomic mass is 16.1. The predicted octanol–water partition coefficient (Wildman–Crippen LogP) is 2.68. The minimum atomic E-state index is 0.806. The second-order valence-corrected chi connectivity index (χ2v) is 4.24. The van der Waals surface area contributed by atoms with Crippen LogP contribution in [-0.2, 0) is 4.79 Å². The van der Waals surface area contributed by atoms with Crippen molar-refractivity contribution < 1.29 is 4.79 Å². The Labute approximate surface area is 109 Å². The van der Waals surface area contributed by atoms with Gasteiger partial charge in [0.25, 0.3) is 0 Å². The standard InChI is InChI=1S/C14H21N3O/c1-6-15-12-7-8-13(17(5)11(2)3)14(9-12)16(4)10-18/h7-10,15H,2,6H2,1,3-5H3. The van der Waals surface area contributed by atoms with Gasteiger partial charge in [-0.15, -0.1) is 0 Å². The summed E-state index contributed by atoms with van der Waals surface area (Å²) < 4.78 is 0. The van der Waals surface area contributed by atoms with E-state index in [2.05, 4.69) is 11.9 Å². The zero-order valence-electron chi connectivity index (χ0n) is 11.5. The van der Waals surface area contributed by atoms with Crippen LogP contribution in [0.1, 0.15) is 13.8 Å². The van der Waals surface area contributed by atoms with E-state index >= 15 is 0 Å². The first-order chi connectivity index (χ1) is 8.51. The van der Waals surface area contributed by atoms with Gasteiger partial charge in [0.15, 0.2) is 0 Å². The highest BCUT2D eigenvalue weighted by Gasteiger charge is 2.12. The van der Waals surface area contributed by atoms with Crippen LogP contribution in [0.15, 0.2) is 30.5 Å². The summed E-state index contributed by atoms with van der Waals surface area (Å²) in [6.07, 6.45) is 0.806. The normalized spacial score (nSPS) is 9.78. The quantitative estimate of drug-likeness (QED) is 0.785. The van der Waals surface area contributed by atoms with Gasteiger partial charge in [0.05, 0.1) is 11.4 Å². The van der Waals surface area contributed by atoms with Gasteiger partial charge in [-0.2, -0.15) is 0 Å². The van der Waals surface area contributed by atoms with Crippen molar-refractivity contribution in [3.05, 3.63) is 30.5 Å². The van der Waals surface area contributed by atoms with Gasteiger partial charge in [-0.3, -0.25) is 4.79 Å². The first kappa shape index (κ1) is 14.1. The summed E-state index contributed by atoms with van der Waals surface area (Å²) in [5, 5.41) is 3.24. The number of nitrogens with one attached hydrogen (secondary N) is 1. The van der Waals surface area contributed by atoms with Crippen molar-refractivity contribution in [3.8, 4) is 0 Å². The summed E-state index contributed by atoms with van der Waals surface area (Å²) in [4.78, 5) is 14.5. The number of benzene rings is 1. The van der Waals surface area contributed by atoms with Crippen LogP contribution < -0.4 is 15.1 Å². The SMILES string of the molecule is C=C(C)N(C)c1ccc(NCC)cc1N(C)C=O. The van der Waals surface area contributed by atoms with Gasteiger partial charge in [-0.1, -0.05) is 6.58 Å². The van der Waals surface area contributed by atoms with Crippen molar-refractivity contribution in [1.29, 1.82) is 0 Å². The molecule has 0 atom stereocenters. The third-order valence-corrected chi connectivity index (χ3v) is 2.83. The summed E-state index contributed by atoms with van der Waals surface area (Å²) in [6, 6.07) is 5.95. The number of rotatable bonds is 6. The molecule has 1 amide bonds. The molecule has 1 aromatic rings. The fourth-order valence-electron chi connectivity index (χ4n) is 1.67. The summed E-state index contributed by atoms with van der Waals surface area (Å²) in [6.45, 7) is 8.74. The third-order valence-electron chi connectivity index (χ3n) is 2.83. The zero-order chi connectivity index (χ0) is 13.7. The molecule has 0 fully saturated rings. The van der Waals surface area contributed by atoms with E-state index in [1.165, 1.54) is 0 Å². The number of carbonyl (C=O) groups is 1. The van der Waals surface area contributed by atoms with Crippen LogP contribution in [0.3, 0.4) is 0 Å². The highest BCUT2D eigenvalue weighted by Crippen LogP contribution is 2.32. The van der Waals surface area contributed by atoms with Crippen LogP contribution in [0.4, 0.5) is 17.1 Å². The Morgan fingerprint density at radius 3 is 2.56 bits per heavy atom. The van der Waals surface area contributed by atoms with Crippen LogP contribution in [0.5, 0.6) is 0 Å². The summed E-state index contributed by atoms with van der Waals surface area (Å²) in [5.74, 6) is 0. The fourth-order valence-corrected chi connectivity index (χ4v) is 1.67. The number of nitrogens with zero attached hydrogens (tertiary/aromatic N) is 2. The van der Waals surface area contributed by atoms with E-state index < -0.39 is 0 Å². The second-order valence-electron chi connectivity index (χ2n) is 4.24. The first-order valence-corrected chi connectivity index (χ1v) is 5.96. The van der Waals surface area contributed by atoms with Crippen LogP contribution in [-0.4, -0.2) is 27.1 Å². The van der Waals surface area contributed by atoms with E-state index in [1.54, 1.807) is 11.9 Å². The van der Waals surface area contributed by atoms with Crippen molar-refractivity contribution in [2.24, 2.45) is 0 Å². The third kappa shape index (κ3) is 3.03. The lowest BCUT2D eigenvalue weighted by atomic mass is 10.2. The molecule has 1 rings (SSSR count). The predicted molar refractivity (Wildman–Crippen MR) is 78.3 cm³/mol. The molecule has 0 radical (unpaired) electrons. The number of allylic oxidation sites excluding steroid dienone is 1. The largest absolute Gasteiger partial charge is 0.385 e. The highest BCUT2D eigenvalue weighted by molar-refractivity contribution is 5.86. The van der Waals surface area contributed by atoms with Crippen molar-refractivity contribution in [3.63, 3.8) is 0 Å². The minimum absolute atomic E-state index is 0.806. The molecule has 0 spiro atoms. The van der Waals surface area contributed by atoms with Crippen molar-refractivity contribution in [1.82, 2.24) is 0 Å². The van der Waals surface area contributed by atoms with Gasteiger partial charge in [0, 0.05) is 32.0 Å². The maximum atomic E-state index is 11.0. The number of hydrogen-bond acceptors (Lipinski definition) is 3. The summed E-state index contributed by atoms with van der Waals surface area (Å²) in [7, 11) is 3.68. The molecule has 0 saturated carbocycles. The monoisotopic (exact) mass is 247 g/mol. The number of hydrogen-bond donors (Lipinski definition) is 1. The van der Waals surface area contributed by atoms with Crippen LogP contribution in [0.25, 0.3) is 0 Å². The maximum absolute atomic E-state index is 11.0. The van der Waals surface area contributed by atoms with Gasteiger partial charge in [-0.05, 0) is 32.0 Å². The lowest BCUT2D eigenvalue weighted by molar-refractivity contribution is -0.107. The van der Waals surface area contributed by atoms with E-state index in [0.717, 1.165) is 35.7 Å². The van der Waals surface area contributed by atoms with Crippen molar-refractivity contribution >= 4 is 23.5 Å². The van der Waals surface area contributed by atoms with Gasteiger partial charge in [0.2, 0.25) is 6.41 Å². The second kappa shape index (κ2) is 6.10. The Bertz CT molecular complexity index is 443. The molecule has 0 bridgehead atoms. The molecule has 0 aliphatic heterocycles. The Morgan fingerprint density at radius 2 is 2.06 bits per heavy atom. The Kier molecular flexibility index (Phi) is 4.77. The first-order valence-electron chi connectivity index (χ1n) is 5.96. The summed E-state index contributed by atoms with van der Waals surface area (Å²) in [5.41, 5.74) is 3.74. The zero-order valence-corrected chi connectivity index (χ0v) is 11.5. The van der Waals surface area contributed by atoms with Gasteiger partial charge in [0.1, 0.15) is 0 Å². The smallest absolute Gasteiger partial charge is 0.213 e. The molecular weight excluding hydrogens is 226 g/mol. The van der Waals surface area contributed by atoms with Gasteiger partial charge in [-0.25, -0.2) is 0 Å². The van der Waals surface area contributed by atoms with E-state index in [1.807, 2.05) is 44.0 Å². The fraction of sp³-hybridized carbons (Fsp3) is 0.357. The van der Waals surface area contributed by atoms with Crippen LogP contribution in [0, 0.1) is 0 Å². The minimum Gasteiger partial charge on any atom is -0.385 e. The molecule has 0 heterocycles. The van der Waals surface area contributed by atoms with Crippen molar-refractivity contribution in [2.45, 2.75) is 13.8 Å². The number of amides is 1. The average Bonchev–Trinajstić information content (AvgIpc) is 2.37. The number of anilines is 3. The topological polar surface area (TPSA) is 35.6 Å². The van der Waals surface area contributed by atoms with Gasteiger partial charge < -0.3 is 15.1 Å². The molecule has 0 aromatic heterocycles. The maximum Gasteiger partial charge on any atom is 0.213 e. The molecule has 1 N–H and O–H groups in total. The van der Waals surface area contributed by atoms with E-state index in [4.69, 9.17) is 0 Å². The Morgan fingerprint density at radius 1 is 1.39 bits per heavy atom. The molecule has 18 heavy (non-hydrogen) atoms. The molecule has 0 aliphatic rings. The average molecular weight is 247 g/mol. The van der Waals surface area contributed by atoms with E-state index in [-0.39, 0.29) is 0 Å². The lowest BCUT2D eigenvalue weighted by Gasteiger charge is -2.25. The molecule has 0 saturated heterocycles. The van der Waals surface area contributed by atoms with Gasteiger partial charge >= 0.3 is 0 Å². The molecular formula is C14H21N3O.